The molecule has 0 aromatic rings. The van der Waals surface area contributed by atoms with Gasteiger partial charge in [-0.15, -0.1) is 0 Å². The number of aliphatic hydroxyl groups is 4. The molecule has 0 radical (unpaired) electrons. The van der Waals surface area contributed by atoms with Crippen molar-refractivity contribution >= 4 is 0 Å². The molecule has 6 N–H and O–H groups in total. The highest BCUT2D eigenvalue weighted by molar-refractivity contribution is 4.67. The monoisotopic (exact) mass is 238 g/mol. The van der Waals surface area contributed by atoms with E-state index in [-0.39, 0.29) is 26.4 Å². The van der Waals surface area contributed by atoms with Crippen molar-refractivity contribution in [3.05, 3.63) is 0 Å². The third kappa shape index (κ3) is 16.2. The minimum absolute atomic E-state index is 0.0486. The summed E-state index contributed by atoms with van der Waals surface area (Å²) in [5, 5.41) is 33.7. The molecule has 0 unspecified atom stereocenters. The van der Waals surface area contributed by atoms with Gasteiger partial charge in [0.05, 0.1) is 26.4 Å². The fourth-order valence-electron chi connectivity index (χ4n) is 0.760. The second-order valence-corrected chi connectivity index (χ2v) is 4.16. The van der Waals surface area contributed by atoms with E-state index in [9.17, 15) is 0 Å². The molecular weight excluding hydrogens is 212 g/mol. The first-order chi connectivity index (χ1) is 7.41. The molecule has 0 atom stereocenters. The van der Waals surface area contributed by atoms with Crippen LogP contribution in [0.4, 0.5) is 0 Å². The molecule has 0 aliphatic carbocycles. The summed E-state index contributed by atoms with van der Waals surface area (Å²) in [6.07, 6.45) is 0. The topological polar surface area (TPSA) is 110 Å². The van der Waals surface area contributed by atoms with Gasteiger partial charge in [-0.05, 0) is 13.8 Å². The largest absolute Gasteiger partial charge is 0.395 e. The molecule has 0 aromatic carbocycles. The number of nitrogens with two attached hydrogens (primary N) is 1. The Morgan fingerprint density at radius 2 is 1.12 bits per heavy atom. The van der Waals surface area contributed by atoms with Crippen LogP contribution in [0.25, 0.3) is 0 Å². The lowest BCUT2D eigenvalue weighted by Gasteiger charge is -2.17. The van der Waals surface area contributed by atoms with Crippen molar-refractivity contribution in [3.63, 3.8) is 0 Å². The molecule has 0 fully saturated rings. The lowest BCUT2D eigenvalue weighted by molar-refractivity contribution is 0.136. The summed E-state index contributed by atoms with van der Waals surface area (Å²) in [7, 11) is 0. The Hall–Kier alpha value is -0.240. The highest BCUT2D eigenvalue weighted by Gasteiger charge is 2.05. The van der Waals surface area contributed by atoms with Crippen molar-refractivity contribution in [1.82, 2.24) is 4.90 Å². The van der Waals surface area contributed by atoms with Gasteiger partial charge in [-0.3, -0.25) is 4.90 Å². The van der Waals surface area contributed by atoms with Crippen molar-refractivity contribution in [1.29, 1.82) is 0 Å². The standard InChI is InChI=1S/C6H15NO3.C4H11NO/c8-4-1-7(2-5-9)3-6-10;1-4(2,5)3-6/h8-10H,1-6H2;6H,3,5H2,1-2H3. The van der Waals surface area contributed by atoms with Crippen LogP contribution in [0.15, 0.2) is 0 Å². The molecule has 0 aromatic heterocycles. The van der Waals surface area contributed by atoms with Crippen LogP contribution >= 0.6 is 0 Å². The lowest BCUT2D eigenvalue weighted by atomic mass is 10.1. The number of aliphatic hydroxyl groups excluding tert-OH is 4. The molecule has 0 amide bonds. The lowest BCUT2D eigenvalue weighted by Crippen LogP contribution is -2.35. The molecule has 0 rings (SSSR count). The summed E-state index contributed by atoms with van der Waals surface area (Å²) in [5.74, 6) is 0. The van der Waals surface area contributed by atoms with Gasteiger partial charge >= 0.3 is 0 Å². The van der Waals surface area contributed by atoms with E-state index in [1.807, 2.05) is 0 Å². The number of hydrogen-bond acceptors (Lipinski definition) is 6. The molecule has 6 nitrogen and oxygen atoms in total. The van der Waals surface area contributed by atoms with Gasteiger partial charge in [-0.1, -0.05) is 0 Å². The number of rotatable bonds is 7. The molecule has 6 heteroatoms. The first-order valence-electron chi connectivity index (χ1n) is 5.36. The maximum absolute atomic E-state index is 8.48. The van der Waals surface area contributed by atoms with E-state index in [2.05, 4.69) is 0 Å². The van der Waals surface area contributed by atoms with Crippen molar-refractivity contribution in [2.75, 3.05) is 46.1 Å². The van der Waals surface area contributed by atoms with Gasteiger partial charge in [0.2, 0.25) is 0 Å². The SMILES string of the molecule is CC(C)(N)CO.OCCN(CCO)CCO. The average Bonchev–Trinajstić information content (AvgIpc) is 2.19. The second-order valence-electron chi connectivity index (χ2n) is 4.16. The van der Waals surface area contributed by atoms with E-state index < -0.39 is 5.54 Å². The van der Waals surface area contributed by atoms with Gasteiger partial charge in [0.1, 0.15) is 0 Å². The third-order valence-electron chi connectivity index (χ3n) is 1.66. The minimum Gasteiger partial charge on any atom is -0.395 e. The molecule has 0 saturated carbocycles. The third-order valence-corrected chi connectivity index (χ3v) is 1.66. The fraction of sp³-hybridized carbons (Fsp3) is 1.00. The Kier molecular flexibility index (Phi) is 12.8. The highest BCUT2D eigenvalue weighted by Crippen LogP contribution is 1.90. The maximum Gasteiger partial charge on any atom is 0.0605 e. The highest BCUT2D eigenvalue weighted by atomic mass is 16.3. The van der Waals surface area contributed by atoms with Crippen LogP contribution in [-0.4, -0.2) is 76.9 Å². The second kappa shape index (κ2) is 11.3. The summed E-state index contributed by atoms with van der Waals surface area (Å²) in [4.78, 5) is 1.79. The van der Waals surface area contributed by atoms with E-state index in [1.54, 1.807) is 18.7 Å². The van der Waals surface area contributed by atoms with Crippen LogP contribution in [0.3, 0.4) is 0 Å². The van der Waals surface area contributed by atoms with Gasteiger partial charge < -0.3 is 26.2 Å². The van der Waals surface area contributed by atoms with Crippen LogP contribution in [0.1, 0.15) is 13.8 Å². The van der Waals surface area contributed by atoms with Crippen LogP contribution in [0.5, 0.6) is 0 Å². The molecule has 100 valence electrons. The Bertz CT molecular complexity index is 125. The number of hydrogen-bond donors (Lipinski definition) is 5. The zero-order chi connectivity index (χ0) is 13.0. The van der Waals surface area contributed by atoms with E-state index in [1.165, 1.54) is 0 Å². The average molecular weight is 238 g/mol. The molecule has 0 saturated heterocycles. The smallest absolute Gasteiger partial charge is 0.0605 e. The van der Waals surface area contributed by atoms with E-state index in [4.69, 9.17) is 26.2 Å². The van der Waals surface area contributed by atoms with E-state index >= 15 is 0 Å². The minimum atomic E-state index is -0.403. The van der Waals surface area contributed by atoms with Crippen LogP contribution in [0.2, 0.25) is 0 Å². The molecule has 0 bridgehead atoms. The molecule has 0 aliphatic heterocycles. The molecule has 0 aliphatic rings. The zero-order valence-corrected chi connectivity index (χ0v) is 10.3. The van der Waals surface area contributed by atoms with Gasteiger partial charge in [0, 0.05) is 25.2 Å². The summed E-state index contributed by atoms with van der Waals surface area (Å²) in [5.41, 5.74) is 4.88. The molecular formula is C10H26N2O4. The van der Waals surface area contributed by atoms with Crippen molar-refractivity contribution in [2.24, 2.45) is 5.73 Å². The van der Waals surface area contributed by atoms with Crippen LogP contribution in [0, 0.1) is 0 Å². The quantitative estimate of drug-likeness (QED) is 0.350. The Morgan fingerprint density at radius 3 is 1.25 bits per heavy atom. The molecule has 16 heavy (non-hydrogen) atoms. The van der Waals surface area contributed by atoms with Crippen molar-refractivity contribution < 1.29 is 20.4 Å². The van der Waals surface area contributed by atoms with Crippen LogP contribution in [-0.2, 0) is 0 Å². The van der Waals surface area contributed by atoms with E-state index in [0.29, 0.717) is 19.6 Å². The summed E-state index contributed by atoms with van der Waals surface area (Å²) < 4.78 is 0. The van der Waals surface area contributed by atoms with E-state index in [0.717, 1.165) is 0 Å². The van der Waals surface area contributed by atoms with Gasteiger partial charge in [0.15, 0.2) is 0 Å². The van der Waals surface area contributed by atoms with Crippen molar-refractivity contribution in [2.45, 2.75) is 19.4 Å². The first-order valence-corrected chi connectivity index (χ1v) is 5.36. The predicted molar refractivity (Wildman–Crippen MR) is 63.0 cm³/mol. The first kappa shape index (κ1) is 18.1. The fourth-order valence-corrected chi connectivity index (χ4v) is 0.760. The van der Waals surface area contributed by atoms with Gasteiger partial charge in [0.25, 0.3) is 0 Å². The Balaban J connectivity index is 0. The van der Waals surface area contributed by atoms with Crippen molar-refractivity contribution in [3.8, 4) is 0 Å². The summed E-state index contributed by atoms with van der Waals surface area (Å²) in [6.45, 7) is 5.34. The maximum atomic E-state index is 8.48. The summed E-state index contributed by atoms with van der Waals surface area (Å²) >= 11 is 0. The molecule has 0 heterocycles. The normalized spacial score (nSPS) is 11.2. The Morgan fingerprint density at radius 1 is 0.875 bits per heavy atom. The molecule has 0 spiro atoms. The van der Waals surface area contributed by atoms with Crippen LogP contribution < -0.4 is 5.73 Å². The Labute approximate surface area is 97.3 Å². The number of nitrogens with zero attached hydrogens (tertiary/aromatic N) is 1. The van der Waals surface area contributed by atoms with Gasteiger partial charge in [-0.2, -0.15) is 0 Å². The predicted octanol–water partition coefficient (Wildman–Crippen LogP) is -2.02. The van der Waals surface area contributed by atoms with Gasteiger partial charge in [-0.25, -0.2) is 0 Å². The summed E-state index contributed by atoms with van der Waals surface area (Å²) in [6, 6.07) is 0. The zero-order valence-electron chi connectivity index (χ0n) is 10.3.